The van der Waals surface area contributed by atoms with Crippen molar-refractivity contribution in [3.63, 3.8) is 0 Å². The highest BCUT2D eigenvalue weighted by atomic mass is 16.5. The normalized spacial score (nSPS) is 22.9. The average molecular weight is 474 g/mol. The van der Waals surface area contributed by atoms with Crippen molar-refractivity contribution in [1.29, 1.82) is 0 Å². The number of anilines is 2. The molecule has 1 unspecified atom stereocenters. The molecule has 1 aliphatic carbocycles. The van der Waals surface area contributed by atoms with Gasteiger partial charge in [0, 0.05) is 49.3 Å². The fourth-order valence-corrected chi connectivity index (χ4v) is 5.50. The molecule has 0 bridgehead atoms. The highest BCUT2D eigenvalue weighted by Crippen LogP contribution is 2.43. The molecule has 6 rings (SSSR count). The number of rotatable bonds is 7. The third-order valence-corrected chi connectivity index (χ3v) is 7.66. The van der Waals surface area contributed by atoms with E-state index in [4.69, 9.17) is 9.72 Å². The minimum Gasteiger partial charge on any atom is -0.497 e. The molecule has 1 saturated heterocycles. The Morgan fingerprint density at radius 2 is 2.09 bits per heavy atom. The van der Waals surface area contributed by atoms with Crippen LogP contribution in [-0.2, 0) is 23.3 Å². The average Bonchev–Trinajstić information content (AvgIpc) is 3.46. The van der Waals surface area contributed by atoms with Crippen molar-refractivity contribution in [2.75, 3.05) is 30.4 Å². The fourth-order valence-electron chi connectivity index (χ4n) is 5.50. The molecule has 1 aromatic carbocycles. The van der Waals surface area contributed by atoms with Crippen LogP contribution >= 0.6 is 0 Å². The smallest absolute Gasteiger partial charge is 0.240 e. The van der Waals surface area contributed by atoms with E-state index in [1.165, 1.54) is 12.8 Å². The van der Waals surface area contributed by atoms with E-state index in [9.17, 15) is 4.79 Å². The van der Waals surface area contributed by atoms with Gasteiger partial charge in [-0.05, 0) is 62.4 Å². The summed E-state index contributed by atoms with van der Waals surface area (Å²) in [6.45, 7) is 4.76. The monoisotopic (exact) mass is 473 g/mol. The number of likely N-dealkylation sites (tertiary alicyclic amines) is 1. The molecule has 0 radical (unpaired) electrons. The Morgan fingerprint density at radius 1 is 1.26 bits per heavy atom. The van der Waals surface area contributed by atoms with Gasteiger partial charge in [-0.15, -0.1) is 0 Å². The van der Waals surface area contributed by atoms with E-state index in [1.807, 2.05) is 47.6 Å². The highest BCUT2D eigenvalue weighted by Gasteiger charge is 2.53. The van der Waals surface area contributed by atoms with Crippen LogP contribution in [0.25, 0.3) is 0 Å². The van der Waals surface area contributed by atoms with Gasteiger partial charge >= 0.3 is 0 Å². The molecule has 2 atom stereocenters. The zero-order chi connectivity index (χ0) is 24.0. The summed E-state index contributed by atoms with van der Waals surface area (Å²) in [5, 5.41) is 10.7. The van der Waals surface area contributed by atoms with Crippen LogP contribution in [0.3, 0.4) is 0 Å². The number of nitrogens with zero attached hydrogens (tertiary/aromatic N) is 5. The summed E-state index contributed by atoms with van der Waals surface area (Å²) in [4.78, 5) is 28.1. The molecule has 3 aromatic rings. The summed E-state index contributed by atoms with van der Waals surface area (Å²) in [6, 6.07) is 9.99. The van der Waals surface area contributed by atoms with E-state index >= 15 is 0 Å². The minimum atomic E-state index is -0.716. The Labute approximate surface area is 204 Å². The number of nitrogens with one attached hydrogen (secondary N) is 2. The fraction of sp³-hybridized carbons (Fsp3) is 0.462. The molecule has 1 amide bonds. The van der Waals surface area contributed by atoms with Crippen LogP contribution in [0, 0.1) is 5.92 Å². The summed E-state index contributed by atoms with van der Waals surface area (Å²) in [7, 11) is 1.64. The number of aromatic nitrogens is 4. The van der Waals surface area contributed by atoms with Crippen LogP contribution in [-0.4, -0.2) is 57.2 Å². The second-order valence-electron chi connectivity index (χ2n) is 10.0. The predicted octanol–water partition coefficient (Wildman–Crippen LogP) is 3.11. The van der Waals surface area contributed by atoms with Crippen molar-refractivity contribution in [2.24, 2.45) is 5.92 Å². The first-order valence-corrected chi connectivity index (χ1v) is 12.4. The summed E-state index contributed by atoms with van der Waals surface area (Å²) < 4.78 is 5.32. The number of carbonyl (C=O) groups excluding carboxylic acids is 1. The molecule has 35 heavy (non-hydrogen) atoms. The molecule has 2 aliphatic heterocycles. The van der Waals surface area contributed by atoms with Crippen molar-refractivity contribution in [3.8, 4) is 5.75 Å². The maximum absolute atomic E-state index is 14.2. The lowest BCUT2D eigenvalue weighted by atomic mass is 9.77. The topological polar surface area (TPSA) is 99.3 Å². The third-order valence-electron chi connectivity index (χ3n) is 7.66. The van der Waals surface area contributed by atoms with Crippen molar-refractivity contribution < 1.29 is 9.53 Å². The molecule has 4 heterocycles. The molecule has 2 fully saturated rings. The van der Waals surface area contributed by atoms with E-state index < -0.39 is 5.41 Å². The quantitative estimate of drug-likeness (QED) is 0.544. The lowest BCUT2D eigenvalue weighted by molar-refractivity contribution is -0.124. The minimum absolute atomic E-state index is 0.0968. The lowest BCUT2D eigenvalue weighted by Gasteiger charge is -2.40. The SMILES string of the molecule is COc1ccc(N2Cc3cnc(NC(C)C4CC4)nc3[C@@]3(CCN(Cc4cc[nH]n4)C3)C2=O)cc1. The van der Waals surface area contributed by atoms with Gasteiger partial charge in [-0.25, -0.2) is 9.97 Å². The van der Waals surface area contributed by atoms with Gasteiger partial charge in [0.1, 0.15) is 11.2 Å². The first-order chi connectivity index (χ1) is 17.1. The first-order valence-electron chi connectivity index (χ1n) is 12.4. The summed E-state index contributed by atoms with van der Waals surface area (Å²) in [5.41, 5.74) is 2.99. The van der Waals surface area contributed by atoms with Gasteiger partial charge in [-0.2, -0.15) is 5.10 Å². The van der Waals surface area contributed by atoms with Crippen LogP contribution in [0.4, 0.5) is 11.6 Å². The number of ether oxygens (including phenoxy) is 1. The van der Waals surface area contributed by atoms with E-state index in [-0.39, 0.29) is 5.91 Å². The zero-order valence-electron chi connectivity index (χ0n) is 20.2. The third kappa shape index (κ3) is 4.03. The first kappa shape index (κ1) is 22.0. The zero-order valence-corrected chi connectivity index (χ0v) is 20.2. The number of hydrogen-bond donors (Lipinski definition) is 2. The lowest BCUT2D eigenvalue weighted by Crippen LogP contribution is -2.53. The number of H-pyrrole nitrogens is 1. The van der Waals surface area contributed by atoms with E-state index in [2.05, 4.69) is 32.3 Å². The van der Waals surface area contributed by atoms with Gasteiger partial charge in [-0.3, -0.25) is 14.8 Å². The predicted molar refractivity (Wildman–Crippen MR) is 132 cm³/mol. The second kappa shape index (κ2) is 8.64. The number of hydrogen-bond acceptors (Lipinski definition) is 7. The maximum atomic E-state index is 14.2. The number of benzene rings is 1. The van der Waals surface area contributed by atoms with Crippen molar-refractivity contribution in [3.05, 3.63) is 59.7 Å². The van der Waals surface area contributed by atoms with Crippen molar-refractivity contribution in [1.82, 2.24) is 25.1 Å². The highest BCUT2D eigenvalue weighted by molar-refractivity contribution is 6.03. The van der Waals surface area contributed by atoms with Gasteiger partial charge in [0.2, 0.25) is 11.9 Å². The number of methoxy groups -OCH3 is 1. The van der Waals surface area contributed by atoms with Gasteiger partial charge < -0.3 is 15.0 Å². The summed E-state index contributed by atoms with van der Waals surface area (Å²) in [6.07, 6.45) is 6.96. The Balaban J connectivity index is 1.36. The Morgan fingerprint density at radius 3 is 2.80 bits per heavy atom. The van der Waals surface area contributed by atoms with Crippen molar-refractivity contribution in [2.45, 2.75) is 50.7 Å². The summed E-state index contributed by atoms with van der Waals surface area (Å²) in [5.74, 6) is 2.17. The van der Waals surface area contributed by atoms with Gasteiger partial charge in [0.05, 0.1) is 25.0 Å². The van der Waals surface area contributed by atoms with E-state index in [0.29, 0.717) is 44.0 Å². The molecule has 3 aliphatic rings. The van der Waals surface area contributed by atoms with Gasteiger partial charge in [0.25, 0.3) is 0 Å². The molecule has 2 aromatic heterocycles. The Bertz CT molecular complexity index is 1210. The molecule has 9 heteroatoms. The molecule has 1 spiro atoms. The van der Waals surface area contributed by atoms with Crippen LogP contribution in [0.1, 0.15) is 43.1 Å². The van der Waals surface area contributed by atoms with Crippen LogP contribution in [0.2, 0.25) is 0 Å². The molecular formula is C26H31N7O2. The second-order valence-corrected chi connectivity index (χ2v) is 10.0. The standard InChI is InChI=1S/C26H31N7O2/c1-17(18-3-4-18)29-25-27-13-19-14-33(21-5-7-22(35-2)8-6-21)24(34)26(23(19)30-25)10-12-32(16-26)15-20-9-11-28-31-20/h5-9,11,13,17-18H,3-4,10,12,14-16H2,1-2H3,(H,28,31)(H,27,29,30)/t17?,26-/m0/s1. The number of amides is 1. The van der Waals surface area contributed by atoms with Gasteiger partial charge in [-0.1, -0.05) is 0 Å². The molecule has 9 nitrogen and oxygen atoms in total. The van der Waals surface area contributed by atoms with Crippen LogP contribution in [0.15, 0.2) is 42.7 Å². The van der Waals surface area contributed by atoms with Gasteiger partial charge in [0.15, 0.2) is 0 Å². The van der Waals surface area contributed by atoms with Crippen molar-refractivity contribution >= 4 is 17.5 Å². The number of aromatic amines is 1. The molecule has 1 saturated carbocycles. The Hall–Kier alpha value is -3.46. The van der Waals surface area contributed by atoms with Crippen LogP contribution in [0.5, 0.6) is 5.75 Å². The number of fused-ring (bicyclic) bond motifs is 2. The summed E-state index contributed by atoms with van der Waals surface area (Å²) >= 11 is 0. The van der Waals surface area contributed by atoms with Crippen LogP contribution < -0.4 is 15.0 Å². The molecular weight excluding hydrogens is 442 g/mol. The Kier molecular flexibility index (Phi) is 5.44. The van der Waals surface area contributed by atoms with E-state index in [0.717, 1.165) is 34.9 Å². The van der Waals surface area contributed by atoms with E-state index in [1.54, 1.807) is 7.11 Å². The molecule has 182 valence electrons. The maximum Gasteiger partial charge on any atom is 0.240 e. The largest absolute Gasteiger partial charge is 0.497 e. The molecule has 2 N–H and O–H groups in total. The number of carbonyl (C=O) groups is 1.